The second-order valence-corrected chi connectivity index (χ2v) is 5.10. The van der Waals surface area contributed by atoms with Gasteiger partial charge in [-0.1, -0.05) is 47.1 Å². The summed E-state index contributed by atoms with van der Waals surface area (Å²) in [6, 6.07) is 12.9. The van der Waals surface area contributed by atoms with Gasteiger partial charge in [0.2, 0.25) is 5.88 Å². The average molecular weight is 282 g/mol. The van der Waals surface area contributed by atoms with Gasteiger partial charge in [0.25, 0.3) is 0 Å². The molecule has 0 aliphatic heterocycles. The largest absolute Gasteiger partial charge is 0.367 e. The van der Waals surface area contributed by atoms with Crippen molar-refractivity contribution in [2.24, 2.45) is 0 Å². The fourth-order valence-electron chi connectivity index (χ4n) is 2.24. The molecule has 3 rings (SSSR count). The summed E-state index contributed by atoms with van der Waals surface area (Å²) in [4.78, 5) is 0. The standard InChI is InChI=1S/C17H15FN2O/c1-10-3-6-12(7-4-10)15-16(20-21-17(15)19)13-8-5-11(2)14(18)9-13/h3-9H,19H2,1-2H3. The molecule has 0 bridgehead atoms. The van der Waals surface area contributed by atoms with E-state index < -0.39 is 0 Å². The molecule has 0 atom stereocenters. The molecule has 2 aromatic carbocycles. The highest BCUT2D eigenvalue weighted by molar-refractivity contribution is 5.86. The minimum atomic E-state index is -0.274. The summed E-state index contributed by atoms with van der Waals surface area (Å²) in [6.07, 6.45) is 0. The molecule has 0 aliphatic carbocycles. The maximum Gasteiger partial charge on any atom is 0.230 e. The van der Waals surface area contributed by atoms with E-state index in [2.05, 4.69) is 5.16 Å². The summed E-state index contributed by atoms with van der Waals surface area (Å²) in [5.74, 6) is -0.0428. The fraction of sp³-hybridized carbons (Fsp3) is 0.118. The Morgan fingerprint density at radius 2 is 1.67 bits per heavy atom. The van der Waals surface area contributed by atoms with Crippen LogP contribution in [-0.2, 0) is 0 Å². The van der Waals surface area contributed by atoms with E-state index in [1.807, 2.05) is 37.3 Å². The van der Waals surface area contributed by atoms with Crippen molar-refractivity contribution >= 4 is 5.88 Å². The molecule has 0 spiro atoms. The first-order chi connectivity index (χ1) is 10.1. The van der Waals surface area contributed by atoms with Crippen LogP contribution in [0.4, 0.5) is 10.3 Å². The van der Waals surface area contributed by atoms with E-state index in [1.165, 1.54) is 6.07 Å². The Labute approximate surface area is 122 Å². The third kappa shape index (κ3) is 2.40. The molecule has 0 radical (unpaired) electrons. The maximum atomic E-state index is 13.8. The first-order valence-electron chi connectivity index (χ1n) is 6.65. The highest BCUT2D eigenvalue weighted by atomic mass is 19.1. The van der Waals surface area contributed by atoms with Gasteiger partial charge in [0.05, 0.1) is 5.56 Å². The first-order valence-corrected chi connectivity index (χ1v) is 6.65. The minimum Gasteiger partial charge on any atom is -0.367 e. The van der Waals surface area contributed by atoms with E-state index >= 15 is 0 Å². The quantitative estimate of drug-likeness (QED) is 0.760. The number of hydrogen-bond donors (Lipinski definition) is 1. The molecule has 1 aromatic heterocycles. The summed E-state index contributed by atoms with van der Waals surface area (Å²) < 4.78 is 18.9. The van der Waals surface area contributed by atoms with Crippen LogP contribution in [0.5, 0.6) is 0 Å². The van der Waals surface area contributed by atoms with Crippen molar-refractivity contribution in [3.8, 4) is 22.4 Å². The lowest BCUT2D eigenvalue weighted by Gasteiger charge is -2.04. The van der Waals surface area contributed by atoms with E-state index in [0.29, 0.717) is 22.4 Å². The Morgan fingerprint density at radius 1 is 1.00 bits per heavy atom. The van der Waals surface area contributed by atoms with Gasteiger partial charge in [-0.05, 0) is 31.0 Å². The fourth-order valence-corrected chi connectivity index (χ4v) is 2.24. The van der Waals surface area contributed by atoms with E-state index in [9.17, 15) is 4.39 Å². The molecule has 0 saturated heterocycles. The van der Waals surface area contributed by atoms with E-state index in [4.69, 9.17) is 10.3 Å². The van der Waals surface area contributed by atoms with Crippen LogP contribution in [0.2, 0.25) is 0 Å². The summed E-state index contributed by atoms with van der Waals surface area (Å²) in [6.45, 7) is 3.73. The number of aromatic nitrogens is 1. The molecular weight excluding hydrogens is 267 g/mol. The monoisotopic (exact) mass is 282 g/mol. The molecular formula is C17H15FN2O. The van der Waals surface area contributed by atoms with Crippen LogP contribution in [0.25, 0.3) is 22.4 Å². The lowest BCUT2D eigenvalue weighted by molar-refractivity contribution is 0.439. The number of nitrogens with two attached hydrogens (primary N) is 1. The Kier molecular flexibility index (Phi) is 3.22. The topological polar surface area (TPSA) is 52.0 Å². The molecule has 0 amide bonds. The van der Waals surface area contributed by atoms with Crippen molar-refractivity contribution in [3.63, 3.8) is 0 Å². The Morgan fingerprint density at radius 3 is 2.33 bits per heavy atom. The van der Waals surface area contributed by atoms with Crippen LogP contribution in [0.15, 0.2) is 47.0 Å². The van der Waals surface area contributed by atoms with Crippen molar-refractivity contribution in [3.05, 3.63) is 59.4 Å². The molecule has 21 heavy (non-hydrogen) atoms. The molecule has 0 saturated carbocycles. The lowest BCUT2D eigenvalue weighted by Crippen LogP contribution is -1.89. The zero-order valence-corrected chi connectivity index (χ0v) is 11.9. The molecule has 3 nitrogen and oxygen atoms in total. The van der Waals surface area contributed by atoms with Gasteiger partial charge in [0.1, 0.15) is 11.5 Å². The van der Waals surface area contributed by atoms with Gasteiger partial charge in [-0.15, -0.1) is 0 Å². The lowest BCUT2D eigenvalue weighted by atomic mass is 9.99. The molecule has 0 unspecified atom stereocenters. The third-order valence-corrected chi connectivity index (χ3v) is 3.50. The molecule has 4 heteroatoms. The van der Waals surface area contributed by atoms with E-state index in [0.717, 1.165) is 11.1 Å². The third-order valence-electron chi connectivity index (χ3n) is 3.50. The maximum absolute atomic E-state index is 13.8. The van der Waals surface area contributed by atoms with Gasteiger partial charge in [-0.25, -0.2) is 4.39 Å². The van der Waals surface area contributed by atoms with E-state index in [-0.39, 0.29) is 11.7 Å². The first kappa shape index (κ1) is 13.4. The van der Waals surface area contributed by atoms with Crippen molar-refractivity contribution in [1.29, 1.82) is 0 Å². The van der Waals surface area contributed by atoms with Crippen LogP contribution in [-0.4, -0.2) is 5.16 Å². The second kappa shape index (κ2) is 5.05. The van der Waals surface area contributed by atoms with Gasteiger partial charge in [-0.3, -0.25) is 0 Å². The Hall–Kier alpha value is -2.62. The van der Waals surface area contributed by atoms with Crippen LogP contribution in [0.1, 0.15) is 11.1 Å². The van der Waals surface area contributed by atoms with Gasteiger partial charge in [-0.2, -0.15) is 0 Å². The smallest absolute Gasteiger partial charge is 0.230 e. The summed E-state index contributed by atoms with van der Waals surface area (Å²) in [5, 5.41) is 3.99. The van der Waals surface area contributed by atoms with Crippen molar-refractivity contribution < 1.29 is 8.91 Å². The van der Waals surface area contributed by atoms with E-state index in [1.54, 1.807) is 13.0 Å². The second-order valence-electron chi connectivity index (χ2n) is 5.10. The zero-order chi connectivity index (χ0) is 15.0. The zero-order valence-electron chi connectivity index (χ0n) is 11.9. The number of aryl methyl sites for hydroxylation is 2. The number of nitrogen functional groups attached to an aromatic ring is 1. The highest BCUT2D eigenvalue weighted by Crippen LogP contribution is 2.36. The van der Waals surface area contributed by atoms with Crippen molar-refractivity contribution in [1.82, 2.24) is 5.16 Å². The van der Waals surface area contributed by atoms with Crippen molar-refractivity contribution in [2.75, 3.05) is 5.73 Å². The van der Waals surface area contributed by atoms with Crippen LogP contribution in [0, 0.1) is 19.7 Å². The van der Waals surface area contributed by atoms with Gasteiger partial charge in [0.15, 0.2) is 0 Å². The van der Waals surface area contributed by atoms with Crippen LogP contribution >= 0.6 is 0 Å². The summed E-state index contributed by atoms with van der Waals surface area (Å²) >= 11 is 0. The molecule has 2 N–H and O–H groups in total. The molecule has 106 valence electrons. The normalized spacial score (nSPS) is 10.8. The average Bonchev–Trinajstić information content (AvgIpc) is 2.85. The molecule has 1 heterocycles. The number of anilines is 1. The Balaban J connectivity index is 2.16. The number of hydrogen-bond acceptors (Lipinski definition) is 3. The van der Waals surface area contributed by atoms with Crippen LogP contribution in [0.3, 0.4) is 0 Å². The highest BCUT2D eigenvalue weighted by Gasteiger charge is 2.18. The van der Waals surface area contributed by atoms with Crippen LogP contribution < -0.4 is 5.73 Å². The number of rotatable bonds is 2. The molecule has 0 aliphatic rings. The summed E-state index contributed by atoms with van der Waals surface area (Å²) in [5.41, 5.74) is 10.4. The number of benzene rings is 2. The van der Waals surface area contributed by atoms with Crippen molar-refractivity contribution in [2.45, 2.75) is 13.8 Å². The SMILES string of the molecule is Cc1ccc(-c2c(-c3ccc(C)c(F)c3)noc2N)cc1. The number of halogens is 1. The molecule has 3 aromatic rings. The predicted molar refractivity (Wildman–Crippen MR) is 81.2 cm³/mol. The number of nitrogens with zero attached hydrogens (tertiary/aromatic N) is 1. The predicted octanol–water partition coefficient (Wildman–Crippen LogP) is 4.35. The Bertz CT molecular complexity index is 791. The van der Waals surface area contributed by atoms with Gasteiger partial charge < -0.3 is 10.3 Å². The summed E-state index contributed by atoms with van der Waals surface area (Å²) in [7, 11) is 0. The van der Waals surface area contributed by atoms with Gasteiger partial charge in [0, 0.05) is 5.56 Å². The minimum absolute atomic E-state index is 0.231. The van der Waals surface area contributed by atoms with Gasteiger partial charge >= 0.3 is 0 Å². The molecule has 0 fully saturated rings.